The van der Waals surface area contributed by atoms with Crippen molar-refractivity contribution in [3.05, 3.63) is 0 Å². The average Bonchev–Trinajstić information content (AvgIpc) is 2.69. The minimum atomic E-state index is -1.56. The van der Waals surface area contributed by atoms with Crippen LogP contribution in [0.1, 0.15) is 32.6 Å². The number of hydrogen-bond donors (Lipinski definition) is 9. The van der Waals surface area contributed by atoms with E-state index in [1.165, 1.54) is 6.92 Å². The number of carboxylic acids is 1. The van der Waals surface area contributed by atoms with Crippen LogP contribution in [0, 0.1) is 0 Å². The van der Waals surface area contributed by atoms with Crippen LogP contribution in [0.2, 0.25) is 0 Å². The quantitative estimate of drug-likeness (QED) is 0.108. The van der Waals surface area contributed by atoms with Crippen LogP contribution in [0.3, 0.4) is 0 Å². The molecule has 31 heavy (non-hydrogen) atoms. The first kappa shape index (κ1) is 28.2. The highest BCUT2D eigenvalue weighted by molar-refractivity contribution is 5.96. The first-order valence-corrected chi connectivity index (χ1v) is 9.61. The molecule has 0 aliphatic heterocycles. The Bertz CT molecular complexity index is 644. The predicted octanol–water partition coefficient (Wildman–Crippen LogP) is -4.77. The van der Waals surface area contributed by atoms with E-state index >= 15 is 0 Å². The van der Waals surface area contributed by atoms with Gasteiger partial charge in [-0.05, 0) is 32.7 Å². The number of nitrogens with two attached hydrogens (primary N) is 3. The predicted molar refractivity (Wildman–Crippen MR) is 107 cm³/mol. The van der Waals surface area contributed by atoms with Crippen LogP contribution in [0.4, 0.5) is 0 Å². The Kier molecular flexibility index (Phi) is 12.9. The van der Waals surface area contributed by atoms with Gasteiger partial charge in [-0.25, -0.2) is 4.79 Å². The summed E-state index contributed by atoms with van der Waals surface area (Å²) in [7, 11) is 0. The molecule has 14 nitrogen and oxygen atoms in total. The maximum atomic E-state index is 12.5. The molecule has 5 atom stereocenters. The van der Waals surface area contributed by atoms with Crippen LogP contribution in [0.25, 0.3) is 0 Å². The molecule has 0 saturated carbocycles. The number of aliphatic hydroxyl groups is 2. The lowest BCUT2D eigenvalue weighted by molar-refractivity contribution is -0.142. The zero-order valence-corrected chi connectivity index (χ0v) is 17.2. The molecule has 0 rings (SSSR count). The summed E-state index contributed by atoms with van der Waals surface area (Å²) in [5.74, 6) is -5.26. The number of amides is 4. The second-order valence-electron chi connectivity index (χ2n) is 6.93. The lowest BCUT2D eigenvalue weighted by Gasteiger charge is -2.24. The van der Waals surface area contributed by atoms with Gasteiger partial charge in [0.25, 0.3) is 0 Å². The number of primary amides is 1. The molecule has 5 unspecified atom stereocenters. The lowest BCUT2D eigenvalue weighted by Crippen LogP contribution is -2.59. The average molecular weight is 448 g/mol. The van der Waals surface area contributed by atoms with Crippen LogP contribution in [0.15, 0.2) is 0 Å². The maximum Gasteiger partial charge on any atom is 0.326 e. The fourth-order valence-electron chi connectivity index (χ4n) is 2.39. The van der Waals surface area contributed by atoms with Gasteiger partial charge in [0.1, 0.15) is 24.2 Å². The second-order valence-corrected chi connectivity index (χ2v) is 6.93. The van der Waals surface area contributed by atoms with Gasteiger partial charge in [0.2, 0.25) is 23.6 Å². The van der Waals surface area contributed by atoms with Gasteiger partial charge in [0.15, 0.2) is 0 Å². The van der Waals surface area contributed by atoms with E-state index in [2.05, 4.69) is 16.0 Å². The van der Waals surface area contributed by atoms with E-state index in [9.17, 15) is 39.3 Å². The molecule has 0 saturated heterocycles. The Morgan fingerprint density at radius 3 is 1.87 bits per heavy atom. The van der Waals surface area contributed by atoms with Crippen molar-refractivity contribution in [1.29, 1.82) is 0 Å². The molecule has 4 amide bonds. The molecule has 12 N–H and O–H groups in total. The summed E-state index contributed by atoms with van der Waals surface area (Å²) < 4.78 is 0. The first-order valence-electron chi connectivity index (χ1n) is 9.61. The fraction of sp³-hybridized carbons (Fsp3) is 0.706. The van der Waals surface area contributed by atoms with Gasteiger partial charge in [-0.1, -0.05) is 0 Å². The monoisotopic (exact) mass is 448 g/mol. The molecule has 0 fully saturated rings. The van der Waals surface area contributed by atoms with Crippen molar-refractivity contribution in [2.45, 2.75) is 62.9 Å². The zero-order valence-electron chi connectivity index (χ0n) is 17.2. The smallest absolute Gasteiger partial charge is 0.326 e. The van der Waals surface area contributed by atoms with Crippen molar-refractivity contribution in [3.63, 3.8) is 0 Å². The highest BCUT2D eigenvalue weighted by Crippen LogP contribution is 2.03. The third-order valence-corrected chi connectivity index (χ3v) is 4.24. The van der Waals surface area contributed by atoms with Crippen molar-refractivity contribution in [2.75, 3.05) is 13.2 Å². The van der Waals surface area contributed by atoms with Gasteiger partial charge in [0.05, 0.1) is 19.1 Å². The highest BCUT2D eigenvalue weighted by Gasteiger charge is 2.31. The minimum Gasteiger partial charge on any atom is -0.480 e. The molecule has 0 bridgehead atoms. The summed E-state index contributed by atoms with van der Waals surface area (Å²) in [6.07, 6.45) is -0.868. The number of hydrogen-bond acceptors (Lipinski definition) is 9. The Morgan fingerprint density at radius 1 is 0.903 bits per heavy atom. The number of unbranched alkanes of at least 4 members (excludes halogenated alkanes) is 1. The molecule has 0 aliphatic rings. The largest absolute Gasteiger partial charge is 0.480 e. The van der Waals surface area contributed by atoms with Crippen LogP contribution in [-0.4, -0.2) is 88.3 Å². The second kappa shape index (κ2) is 14.2. The van der Waals surface area contributed by atoms with E-state index in [0.29, 0.717) is 19.4 Å². The molecule has 178 valence electrons. The molecule has 0 aromatic heterocycles. The number of carboxylic acid groups (broad SMARTS) is 1. The van der Waals surface area contributed by atoms with Crippen LogP contribution in [-0.2, 0) is 24.0 Å². The molecular formula is C17H32N6O8. The third kappa shape index (κ3) is 10.7. The van der Waals surface area contributed by atoms with E-state index < -0.39 is 72.9 Å². The fourth-order valence-corrected chi connectivity index (χ4v) is 2.39. The molecule has 0 aliphatic carbocycles. The number of aliphatic hydroxyl groups excluding tert-OH is 2. The molecule has 0 heterocycles. The molecule has 0 radical (unpaired) electrons. The number of rotatable bonds is 15. The summed E-state index contributed by atoms with van der Waals surface area (Å²) in [4.78, 5) is 59.4. The van der Waals surface area contributed by atoms with Crippen molar-refractivity contribution >= 4 is 29.6 Å². The van der Waals surface area contributed by atoms with Crippen molar-refractivity contribution in [3.8, 4) is 0 Å². The minimum absolute atomic E-state index is 0.0715. The van der Waals surface area contributed by atoms with Gasteiger partial charge in [-0.15, -0.1) is 0 Å². The van der Waals surface area contributed by atoms with Gasteiger partial charge in [-0.2, -0.15) is 0 Å². The van der Waals surface area contributed by atoms with E-state index in [1.807, 2.05) is 0 Å². The Balaban J connectivity index is 5.25. The Morgan fingerprint density at radius 2 is 1.42 bits per heavy atom. The van der Waals surface area contributed by atoms with E-state index in [4.69, 9.17) is 17.2 Å². The summed E-state index contributed by atoms with van der Waals surface area (Å²) in [5, 5.41) is 34.4. The molecule has 14 heteroatoms. The number of nitrogens with one attached hydrogen (secondary N) is 3. The molecule has 0 aromatic carbocycles. The van der Waals surface area contributed by atoms with Gasteiger partial charge in [0, 0.05) is 0 Å². The Labute approximate surface area is 178 Å². The standard InChI is InChI=1S/C17H32N6O8/c1-8(25)13(20)16(29)23-11(7-24)15(28)22-10(6-12(19)26)14(27)21-9(17(30)31)4-2-3-5-18/h8-11,13,24-25H,2-7,18,20H2,1H3,(H2,19,26)(H,21,27)(H,22,28)(H,23,29)(H,30,31). The van der Waals surface area contributed by atoms with E-state index in [0.717, 1.165) is 0 Å². The maximum absolute atomic E-state index is 12.5. The lowest BCUT2D eigenvalue weighted by atomic mass is 10.1. The molecular weight excluding hydrogens is 416 g/mol. The SMILES string of the molecule is CC(O)C(N)C(=O)NC(CO)C(=O)NC(CC(N)=O)C(=O)NC(CCCCN)C(=O)O. The van der Waals surface area contributed by atoms with Crippen LogP contribution < -0.4 is 33.2 Å². The first-order chi connectivity index (χ1) is 14.4. The number of carbonyl (C=O) groups is 5. The van der Waals surface area contributed by atoms with Crippen LogP contribution in [0.5, 0.6) is 0 Å². The number of aliphatic carboxylic acids is 1. The van der Waals surface area contributed by atoms with Gasteiger partial charge in [-0.3, -0.25) is 19.2 Å². The molecule has 0 aromatic rings. The number of carbonyl (C=O) groups excluding carboxylic acids is 4. The third-order valence-electron chi connectivity index (χ3n) is 4.24. The Hall–Kier alpha value is -2.81. The summed E-state index contributed by atoms with van der Waals surface area (Å²) >= 11 is 0. The summed E-state index contributed by atoms with van der Waals surface area (Å²) in [6, 6.07) is -5.78. The van der Waals surface area contributed by atoms with Crippen molar-refractivity contribution in [2.24, 2.45) is 17.2 Å². The summed E-state index contributed by atoms with van der Waals surface area (Å²) in [5.41, 5.74) is 15.9. The van der Waals surface area contributed by atoms with Crippen molar-refractivity contribution in [1.82, 2.24) is 16.0 Å². The topological polar surface area (TPSA) is 260 Å². The van der Waals surface area contributed by atoms with E-state index in [1.54, 1.807) is 0 Å². The molecule has 0 spiro atoms. The normalized spacial score (nSPS) is 15.6. The van der Waals surface area contributed by atoms with Crippen LogP contribution >= 0.6 is 0 Å². The highest BCUT2D eigenvalue weighted by atomic mass is 16.4. The van der Waals surface area contributed by atoms with Gasteiger partial charge < -0.3 is 48.5 Å². The summed E-state index contributed by atoms with van der Waals surface area (Å²) in [6.45, 7) is 0.706. The van der Waals surface area contributed by atoms with Gasteiger partial charge >= 0.3 is 5.97 Å². The van der Waals surface area contributed by atoms with E-state index in [-0.39, 0.29) is 6.42 Å². The van der Waals surface area contributed by atoms with Crippen molar-refractivity contribution < 1.29 is 39.3 Å². The zero-order chi connectivity index (χ0) is 24.1.